The topological polar surface area (TPSA) is 58.4 Å². The second-order valence-electron chi connectivity index (χ2n) is 5.43. The molecule has 1 fully saturated rings. The molecule has 112 valence electrons. The smallest absolute Gasteiger partial charge is 0.229 e. The third-order valence-corrected chi connectivity index (χ3v) is 4.19. The number of aryl methyl sites for hydroxylation is 1. The molecule has 2 heterocycles. The third-order valence-electron chi connectivity index (χ3n) is 3.89. The number of hydrogen-bond donors (Lipinski definition) is 1. The van der Waals surface area contributed by atoms with Crippen molar-refractivity contribution in [3.8, 4) is 0 Å². The largest absolute Gasteiger partial charge is 0.344 e. The molecule has 5 nitrogen and oxygen atoms in total. The van der Waals surface area contributed by atoms with E-state index in [0.717, 1.165) is 37.3 Å². The van der Waals surface area contributed by atoms with Crippen molar-refractivity contribution in [3.05, 3.63) is 16.5 Å². The molecule has 1 saturated heterocycles. The van der Waals surface area contributed by atoms with Crippen LogP contribution < -0.4 is 5.32 Å². The molecule has 1 aromatic heterocycles. The lowest BCUT2D eigenvalue weighted by atomic mass is 9.97. The van der Waals surface area contributed by atoms with E-state index in [9.17, 15) is 4.79 Å². The summed E-state index contributed by atoms with van der Waals surface area (Å²) in [6.07, 6.45) is 3.35. The normalized spacial score (nSPS) is 19.4. The molecule has 1 atom stereocenters. The summed E-state index contributed by atoms with van der Waals surface area (Å²) in [6.45, 7) is 4.55. The molecule has 0 spiro atoms. The zero-order valence-corrected chi connectivity index (χ0v) is 12.9. The van der Waals surface area contributed by atoms with E-state index in [2.05, 4.69) is 10.5 Å². The van der Waals surface area contributed by atoms with Crippen LogP contribution in [0.25, 0.3) is 0 Å². The molecule has 0 bridgehead atoms. The van der Waals surface area contributed by atoms with Gasteiger partial charge < -0.3 is 14.7 Å². The Bertz CT molecular complexity index is 440. The van der Waals surface area contributed by atoms with Crippen LogP contribution in [-0.2, 0) is 11.2 Å². The number of nitrogens with one attached hydrogen (secondary N) is 1. The van der Waals surface area contributed by atoms with Crippen molar-refractivity contribution in [2.75, 3.05) is 26.7 Å². The second-order valence-corrected chi connectivity index (χ2v) is 5.77. The summed E-state index contributed by atoms with van der Waals surface area (Å²) in [7, 11) is 1.96. The van der Waals surface area contributed by atoms with Crippen molar-refractivity contribution >= 4 is 17.5 Å². The zero-order chi connectivity index (χ0) is 14.5. The zero-order valence-electron chi connectivity index (χ0n) is 12.1. The van der Waals surface area contributed by atoms with Crippen molar-refractivity contribution in [1.29, 1.82) is 0 Å². The maximum Gasteiger partial charge on any atom is 0.229 e. The van der Waals surface area contributed by atoms with Gasteiger partial charge in [-0.3, -0.25) is 4.79 Å². The van der Waals surface area contributed by atoms with Crippen LogP contribution in [0.5, 0.6) is 0 Å². The number of piperidine rings is 1. The third kappa shape index (κ3) is 3.73. The van der Waals surface area contributed by atoms with Crippen molar-refractivity contribution in [3.63, 3.8) is 0 Å². The van der Waals surface area contributed by atoms with Crippen LogP contribution in [0.15, 0.2) is 4.52 Å². The Hall–Kier alpha value is -1.07. The highest BCUT2D eigenvalue weighted by molar-refractivity contribution is 6.29. The van der Waals surface area contributed by atoms with Gasteiger partial charge in [0, 0.05) is 25.1 Å². The predicted octanol–water partition coefficient (Wildman–Crippen LogP) is 2.03. The molecule has 0 radical (unpaired) electrons. The average molecular weight is 300 g/mol. The van der Waals surface area contributed by atoms with Gasteiger partial charge in [-0.2, -0.15) is 0 Å². The summed E-state index contributed by atoms with van der Waals surface area (Å²) in [5.41, 5.74) is 1.62. The maximum absolute atomic E-state index is 12.3. The Balaban J connectivity index is 1.85. The molecule has 0 aliphatic carbocycles. The molecule has 20 heavy (non-hydrogen) atoms. The molecule has 0 unspecified atom stereocenters. The van der Waals surface area contributed by atoms with E-state index < -0.39 is 0 Å². The van der Waals surface area contributed by atoms with Crippen LogP contribution in [0.4, 0.5) is 0 Å². The van der Waals surface area contributed by atoms with E-state index in [0.29, 0.717) is 24.0 Å². The van der Waals surface area contributed by atoms with Gasteiger partial charge in [0.05, 0.1) is 5.69 Å². The minimum absolute atomic E-state index is 0.197. The first-order valence-electron chi connectivity index (χ1n) is 7.14. The van der Waals surface area contributed by atoms with Crippen molar-refractivity contribution < 1.29 is 9.32 Å². The van der Waals surface area contributed by atoms with Crippen molar-refractivity contribution in [2.24, 2.45) is 5.92 Å². The lowest BCUT2D eigenvalue weighted by Crippen LogP contribution is -2.42. The number of aromatic nitrogens is 1. The number of rotatable bonds is 5. The number of amides is 1. The van der Waals surface area contributed by atoms with Crippen LogP contribution in [0.3, 0.4) is 0 Å². The summed E-state index contributed by atoms with van der Waals surface area (Å²) in [5.74, 6) is 0.765. The Labute approximate surface area is 124 Å². The van der Waals surface area contributed by atoms with Gasteiger partial charge in [-0.1, -0.05) is 5.16 Å². The number of carbonyl (C=O) groups is 1. The molecule has 0 saturated carbocycles. The van der Waals surface area contributed by atoms with Gasteiger partial charge in [-0.25, -0.2) is 0 Å². The second kappa shape index (κ2) is 7.09. The minimum Gasteiger partial charge on any atom is -0.344 e. The minimum atomic E-state index is 0.197. The quantitative estimate of drug-likeness (QED) is 0.904. The Morgan fingerprint density at radius 2 is 2.40 bits per heavy atom. The summed E-state index contributed by atoms with van der Waals surface area (Å²) in [4.78, 5) is 14.3. The van der Waals surface area contributed by atoms with Gasteiger partial charge >= 0.3 is 0 Å². The fourth-order valence-corrected chi connectivity index (χ4v) is 3.04. The van der Waals surface area contributed by atoms with E-state index in [1.165, 1.54) is 6.42 Å². The van der Waals surface area contributed by atoms with E-state index in [1.54, 1.807) is 0 Å². The lowest BCUT2D eigenvalue weighted by Gasteiger charge is -2.32. The number of nitrogens with zero attached hydrogens (tertiary/aromatic N) is 2. The van der Waals surface area contributed by atoms with Gasteiger partial charge in [0.1, 0.15) is 0 Å². The fourth-order valence-electron chi connectivity index (χ4n) is 2.78. The van der Waals surface area contributed by atoms with Crippen LogP contribution in [0.2, 0.25) is 5.22 Å². The van der Waals surface area contributed by atoms with E-state index in [1.807, 2.05) is 18.9 Å². The Morgan fingerprint density at radius 3 is 3.05 bits per heavy atom. The summed E-state index contributed by atoms with van der Waals surface area (Å²) in [5, 5.41) is 7.30. The van der Waals surface area contributed by atoms with Gasteiger partial charge in [-0.15, -0.1) is 0 Å². The van der Waals surface area contributed by atoms with E-state index >= 15 is 0 Å². The molecular weight excluding hydrogens is 278 g/mol. The highest BCUT2D eigenvalue weighted by Crippen LogP contribution is 2.22. The monoisotopic (exact) mass is 299 g/mol. The molecule has 1 aromatic rings. The molecular formula is C14H22ClN3O2. The van der Waals surface area contributed by atoms with Gasteiger partial charge in [0.25, 0.3) is 0 Å². The molecule has 1 aliphatic rings. The SMILES string of the molecule is CNC[C@@H]1CCCN(C(=O)CCc2c(C)noc2Cl)C1. The van der Waals surface area contributed by atoms with E-state index in [-0.39, 0.29) is 5.91 Å². The number of likely N-dealkylation sites (tertiary alicyclic amines) is 1. The van der Waals surface area contributed by atoms with Crippen LogP contribution >= 0.6 is 11.6 Å². The number of carbonyl (C=O) groups excluding carboxylic acids is 1. The van der Waals surface area contributed by atoms with E-state index in [4.69, 9.17) is 16.1 Å². The molecule has 0 aromatic carbocycles. The highest BCUT2D eigenvalue weighted by atomic mass is 35.5. The summed E-state index contributed by atoms with van der Waals surface area (Å²) in [6, 6.07) is 0. The molecule has 1 N–H and O–H groups in total. The molecule has 6 heteroatoms. The number of hydrogen-bond acceptors (Lipinski definition) is 4. The molecule has 2 rings (SSSR count). The standard InChI is InChI=1S/C14H22ClN3O2/c1-10-12(14(15)20-17-10)5-6-13(19)18-7-3-4-11(9-18)8-16-2/h11,16H,3-9H2,1-2H3/t11-/m0/s1. The van der Waals surface area contributed by atoms with Gasteiger partial charge in [0.15, 0.2) is 0 Å². The Kier molecular flexibility index (Phi) is 5.43. The van der Waals surface area contributed by atoms with Gasteiger partial charge in [-0.05, 0) is 57.3 Å². The van der Waals surface area contributed by atoms with Crippen LogP contribution in [0, 0.1) is 12.8 Å². The van der Waals surface area contributed by atoms with Crippen LogP contribution in [0.1, 0.15) is 30.5 Å². The first-order chi connectivity index (χ1) is 9.61. The average Bonchev–Trinajstić information content (AvgIpc) is 2.76. The van der Waals surface area contributed by atoms with Crippen molar-refractivity contribution in [2.45, 2.75) is 32.6 Å². The predicted molar refractivity (Wildman–Crippen MR) is 77.8 cm³/mol. The first kappa shape index (κ1) is 15.3. The lowest BCUT2D eigenvalue weighted by molar-refractivity contribution is -0.132. The number of halogens is 1. The van der Waals surface area contributed by atoms with Crippen LogP contribution in [-0.4, -0.2) is 42.6 Å². The first-order valence-corrected chi connectivity index (χ1v) is 7.52. The Morgan fingerprint density at radius 1 is 1.60 bits per heavy atom. The van der Waals surface area contributed by atoms with Crippen molar-refractivity contribution in [1.82, 2.24) is 15.4 Å². The summed E-state index contributed by atoms with van der Waals surface area (Å²) >= 11 is 5.92. The maximum atomic E-state index is 12.3. The summed E-state index contributed by atoms with van der Waals surface area (Å²) < 4.78 is 4.90. The molecule has 1 amide bonds. The van der Waals surface area contributed by atoms with Gasteiger partial charge in [0.2, 0.25) is 11.1 Å². The molecule has 1 aliphatic heterocycles. The highest BCUT2D eigenvalue weighted by Gasteiger charge is 2.23. The fraction of sp³-hybridized carbons (Fsp3) is 0.714.